The second kappa shape index (κ2) is 32.0. The summed E-state index contributed by atoms with van der Waals surface area (Å²) in [5.41, 5.74) is -0.0304. The molecule has 314 valence electrons. The van der Waals surface area contributed by atoms with Gasteiger partial charge in [-0.3, -0.25) is 14.4 Å². The van der Waals surface area contributed by atoms with Crippen LogP contribution in [0.4, 0.5) is 0 Å². The van der Waals surface area contributed by atoms with Gasteiger partial charge < -0.3 is 19.1 Å². The minimum Gasteiger partial charge on any atom is -0.462 e. The molecule has 1 heterocycles. The first kappa shape index (κ1) is 49.9. The first-order valence-corrected chi connectivity index (χ1v) is 22.3. The van der Waals surface area contributed by atoms with Crippen molar-refractivity contribution in [2.45, 2.75) is 214 Å². The van der Waals surface area contributed by atoms with Crippen LogP contribution >= 0.6 is 0 Å². The highest BCUT2D eigenvalue weighted by molar-refractivity contribution is 5.70. The Labute approximate surface area is 333 Å². The van der Waals surface area contributed by atoms with Crippen LogP contribution in [-0.4, -0.2) is 62.8 Å². The standard InChI is InChI=1S/C47H85NO6/c1-46(2,40-47(3,4)41-48(5)6)39-45(51)54-42-33-27-21-19-23-29-35-43(49)52-37-31-25-17-15-13-11-9-7-8-10-12-14-16-18-26-32-38-53-44(50)36-30-24-20-22-28-34-42/h25-26,31-32,42H,7-24,27-30,33-41H2,1-6H3. The Balaban J connectivity index is 2.59. The molecular weight excluding hydrogens is 675 g/mol. The van der Waals surface area contributed by atoms with E-state index in [4.69, 9.17) is 14.2 Å². The van der Waals surface area contributed by atoms with Crippen molar-refractivity contribution in [3.63, 3.8) is 0 Å². The van der Waals surface area contributed by atoms with Crippen LogP contribution in [0.15, 0.2) is 24.3 Å². The van der Waals surface area contributed by atoms with Gasteiger partial charge in [-0.15, -0.1) is 0 Å². The van der Waals surface area contributed by atoms with E-state index in [1.807, 2.05) is 12.2 Å². The van der Waals surface area contributed by atoms with Crippen LogP contribution in [0.3, 0.4) is 0 Å². The molecule has 7 nitrogen and oxygen atoms in total. The molecule has 0 aliphatic carbocycles. The van der Waals surface area contributed by atoms with E-state index >= 15 is 0 Å². The van der Waals surface area contributed by atoms with Crippen molar-refractivity contribution in [3.8, 4) is 0 Å². The number of hydrogen-bond acceptors (Lipinski definition) is 7. The predicted molar refractivity (Wildman–Crippen MR) is 225 cm³/mol. The van der Waals surface area contributed by atoms with Crippen molar-refractivity contribution in [2.75, 3.05) is 33.9 Å². The van der Waals surface area contributed by atoms with E-state index in [9.17, 15) is 14.4 Å². The van der Waals surface area contributed by atoms with Crippen molar-refractivity contribution < 1.29 is 28.6 Å². The van der Waals surface area contributed by atoms with E-state index in [2.05, 4.69) is 58.8 Å². The molecule has 0 unspecified atom stereocenters. The third-order valence-corrected chi connectivity index (χ3v) is 10.4. The molecule has 1 aliphatic rings. The number of nitrogens with zero attached hydrogens (tertiary/aromatic N) is 1. The smallest absolute Gasteiger partial charge is 0.306 e. The van der Waals surface area contributed by atoms with Crippen LogP contribution in [0.2, 0.25) is 0 Å². The second-order valence-electron chi connectivity index (χ2n) is 18.1. The lowest BCUT2D eigenvalue weighted by atomic mass is 9.73. The summed E-state index contributed by atoms with van der Waals surface area (Å²) in [5, 5.41) is 0. The first-order valence-electron chi connectivity index (χ1n) is 22.3. The van der Waals surface area contributed by atoms with Crippen molar-refractivity contribution >= 4 is 17.9 Å². The van der Waals surface area contributed by atoms with E-state index in [1.54, 1.807) is 0 Å². The third-order valence-electron chi connectivity index (χ3n) is 10.4. The van der Waals surface area contributed by atoms with E-state index in [-0.39, 0.29) is 34.8 Å². The molecule has 0 aromatic carbocycles. The van der Waals surface area contributed by atoms with Gasteiger partial charge in [0.25, 0.3) is 0 Å². The van der Waals surface area contributed by atoms with Crippen LogP contribution in [-0.2, 0) is 28.6 Å². The Kier molecular flexibility index (Phi) is 29.5. The molecule has 0 N–H and O–H groups in total. The summed E-state index contributed by atoms with van der Waals surface area (Å²) in [6.45, 7) is 10.7. The number of carbonyl (C=O) groups excluding carboxylic acids is 3. The monoisotopic (exact) mass is 760 g/mol. The van der Waals surface area contributed by atoms with Gasteiger partial charge in [-0.25, -0.2) is 0 Å². The maximum absolute atomic E-state index is 13.3. The molecule has 0 spiro atoms. The molecule has 0 saturated carbocycles. The van der Waals surface area contributed by atoms with Gasteiger partial charge in [0.05, 0.1) is 6.42 Å². The summed E-state index contributed by atoms with van der Waals surface area (Å²) in [7, 11) is 4.20. The third kappa shape index (κ3) is 32.1. The molecule has 1 rings (SSSR count). The zero-order valence-corrected chi connectivity index (χ0v) is 36.2. The Morgan fingerprint density at radius 3 is 1.41 bits per heavy atom. The summed E-state index contributed by atoms with van der Waals surface area (Å²) in [4.78, 5) is 39.9. The highest BCUT2D eigenvalue weighted by Crippen LogP contribution is 2.37. The Morgan fingerprint density at radius 1 is 0.593 bits per heavy atom. The maximum Gasteiger partial charge on any atom is 0.306 e. The average Bonchev–Trinajstić information content (AvgIpc) is 3.07. The van der Waals surface area contributed by atoms with Crippen LogP contribution in [0, 0.1) is 10.8 Å². The SMILES string of the molecule is CN(C)CC(C)(C)CC(C)(C)CC(=O)OC1CCCCCCCC(=O)OCC=CCCCCCCCCCCCCC=CCOC(=O)CCCCCCC1. The summed E-state index contributed by atoms with van der Waals surface area (Å²) in [6, 6.07) is 0. The number of rotatable bonds is 7. The molecule has 0 aromatic rings. The second-order valence-corrected chi connectivity index (χ2v) is 18.1. The van der Waals surface area contributed by atoms with E-state index < -0.39 is 0 Å². The molecule has 0 atom stereocenters. The molecule has 0 saturated heterocycles. The zero-order valence-electron chi connectivity index (χ0n) is 36.2. The summed E-state index contributed by atoms with van der Waals surface area (Å²) in [6.07, 6.45) is 37.4. The Hall–Kier alpha value is -2.15. The topological polar surface area (TPSA) is 82.1 Å². The number of cyclic esters (lactones) is 2. The fraction of sp³-hybridized carbons (Fsp3) is 0.851. The maximum atomic E-state index is 13.3. The summed E-state index contributed by atoms with van der Waals surface area (Å²) in [5.74, 6) is -0.284. The molecule has 1 aliphatic heterocycles. The lowest BCUT2D eigenvalue weighted by Crippen LogP contribution is -2.34. The predicted octanol–water partition coefficient (Wildman–Crippen LogP) is 12.6. The zero-order chi connectivity index (χ0) is 39.8. The first-order chi connectivity index (χ1) is 25.9. The van der Waals surface area contributed by atoms with Crippen molar-refractivity contribution in [2.24, 2.45) is 10.8 Å². The fourth-order valence-electron chi connectivity index (χ4n) is 8.23. The highest BCUT2D eigenvalue weighted by Gasteiger charge is 2.32. The number of carbonyl (C=O) groups is 3. The molecule has 0 aromatic heterocycles. The lowest BCUT2D eigenvalue weighted by molar-refractivity contribution is -0.152. The van der Waals surface area contributed by atoms with Crippen molar-refractivity contribution in [1.29, 1.82) is 0 Å². The van der Waals surface area contributed by atoms with Crippen LogP contribution in [0.1, 0.15) is 207 Å². The van der Waals surface area contributed by atoms with Crippen LogP contribution in [0.25, 0.3) is 0 Å². The quantitative estimate of drug-likeness (QED) is 0.145. The molecule has 7 heteroatoms. The lowest BCUT2D eigenvalue weighted by Gasteiger charge is -2.36. The van der Waals surface area contributed by atoms with Gasteiger partial charge in [-0.1, -0.05) is 142 Å². The average molecular weight is 760 g/mol. The summed E-state index contributed by atoms with van der Waals surface area (Å²) >= 11 is 0. The molecule has 0 fully saturated rings. The highest BCUT2D eigenvalue weighted by atomic mass is 16.5. The summed E-state index contributed by atoms with van der Waals surface area (Å²) < 4.78 is 17.0. The van der Waals surface area contributed by atoms with Gasteiger partial charge >= 0.3 is 17.9 Å². The van der Waals surface area contributed by atoms with E-state index in [0.29, 0.717) is 32.5 Å². The number of hydrogen-bond donors (Lipinski definition) is 0. The van der Waals surface area contributed by atoms with Crippen LogP contribution in [0.5, 0.6) is 0 Å². The van der Waals surface area contributed by atoms with Crippen molar-refractivity contribution in [1.82, 2.24) is 4.90 Å². The Morgan fingerprint density at radius 2 is 0.981 bits per heavy atom. The molecular formula is C47H85NO6. The minimum atomic E-state index is -0.138. The van der Waals surface area contributed by atoms with Gasteiger partial charge in [-0.2, -0.15) is 0 Å². The van der Waals surface area contributed by atoms with Crippen LogP contribution < -0.4 is 0 Å². The molecule has 0 radical (unpaired) electrons. The Bertz CT molecular complexity index is 962. The van der Waals surface area contributed by atoms with Gasteiger partial charge in [-0.05, 0) is 95.6 Å². The van der Waals surface area contributed by atoms with Gasteiger partial charge in [0.2, 0.25) is 0 Å². The number of allylic oxidation sites excluding steroid dienone is 2. The molecule has 0 bridgehead atoms. The molecule has 0 amide bonds. The largest absolute Gasteiger partial charge is 0.462 e. The van der Waals surface area contributed by atoms with Gasteiger partial charge in [0, 0.05) is 19.4 Å². The minimum absolute atomic E-state index is 0.0598. The van der Waals surface area contributed by atoms with Gasteiger partial charge in [0.1, 0.15) is 19.3 Å². The number of esters is 3. The van der Waals surface area contributed by atoms with E-state index in [0.717, 1.165) is 103 Å². The van der Waals surface area contributed by atoms with E-state index in [1.165, 1.54) is 64.2 Å². The van der Waals surface area contributed by atoms with Crippen molar-refractivity contribution in [3.05, 3.63) is 24.3 Å². The number of ether oxygens (including phenoxy) is 3. The fourth-order valence-corrected chi connectivity index (χ4v) is 8.23. The van der Waals surface area contributed by atoms with Gasteiger partial charge in [0.15, 0.2) is 0 Å². The molecule has 54 heavy (non-hydrogen) atoms. The normalized spacial score (nSPS) is 21.4.